The summed E-state index contributed by atoms with van der Waals surface area (Å²) >= 11 is 5.87. The summed E-state index contributed by atoms with van der Waals surface area (Å²) in [4.78, 5) is 0. The maximum atomic E-state index is 8.51. The van der Waals surface area contributed by atoms with Crippen LogP contribution >= 0.6 is 35.3 Å². The van der Waals surface area contributed by atoms with Gasteiger partial charge in [-0.1, -0.05) is 6.92 Å². The Kier molecular flexibility index (Phi) is 13.0. The lowest BCUT2D eigenvalue weighted by atomic mass is 10.9. The lowest BCUT2D eigenvalue weighted by Crippen LogP contribution is -1.93. The summed E-state index contributed by atoms with van der Waals surface area (Å²) in [6.45, 7) is 2.52. The number of aliphatic hydroxyl groups is 1. The first-order valence-corrected chi connectivity index (χ1v) is 7.72. The summed E-state index contributed by atoms with van der Waals surface area (Å²) in [6, 6.07) is 0. The van der Waals surface area contributed by atoms with Crippen molar-refractivity contribution in [3.8, 4) is 0 Å². The quantitative estimate of drug-likeness (QED) is 0.608. The Hall–Kier alpha value is 1.01. The van der Waals surface area contributed by atoms with E-state index in [4.69, 9.17) is 5.11 Å². The summed E-state index contributed by atoms with van der Waals surface area (Å²) < 4.78 is 0. The van der Waals surface area contributed by atoms with Gasteiger partial charge in [0.15, 0.2) is 0 Å². The zero-order valence-electron chi connectivity index (χ0n) is 7.62. The van der Waals surface area contributed by atoms with Crippen molar-refractivity contribution in [3.05, 3.63) is 0 Å². The van der Waals surface area contributed by atoms with Gasteiger partial charge >= 0.3 is 0 Å². The first-order chi connectivity index (χ1) is 5.91. The Labute approximate surface area is 88.5 Å². The lowest BCUT2D eigenvalue weighted by Gasteiger charge is -2.00. The van der Waals surface area contributed by atoms with Gasteiger partial charge in [-0.2, -0.15) is 35.3 Å². The average Bonchev–Trinajstić information content (AvgIpc) is 2.10. The fourth-order valence-electron chi connectivity index (χ4n) is 0.649. The van der Waals surface area contributed by atoms with Gasteiger partial charge in [-0.15, -0.1) is 0 Å². The van der Waals surface area contributed by atoms with Gasteiger partial charge in [0.1, 0.15) is 0 Å². The number of rotatable bonds is 9. The van der Waals surface area contributed by atoms with Crippen LogP contribution in [-0.4, -0.2) is 46.2 Å². The Morgan fingerprint density at radius 3 is 1.83 bits per heavy atom. The first kappa shape index (κ1) is 13.0. The number of hydrogen-bond acceptors (Lipinski definition) is 4. The molecule has 0 bridgehead atoms. The Bertz CT molecular complexity index is 70.7. The van der Waals surface area contributed by atoms with Crippen LogP contribution in [0, 0.1) is 0 Å². The van der Waals surface area contributed by atoms with E-state index in [2.05, 4.69) is 6.92 Å². The molecule has 0 rings (SSSR count). The van der Waals surface area contributed by atoms with Gasteiger partial charge in [-0.3, -0.25) is 0 Å². The number of thioether (sulfide) groups is 3. The van der Waals surface area contributed by atoms with Crippen LogP contribution in [0.25, 0.3) is 0 Å². The molecule has 0 amide bonds. The standard InChI is InChI=1S/C8H18OS3/c1-2-10-5-6-12-8-7-11-4-3-9/h9H,2-8H2,1H3. The van der Waals surface area contributed by atoms with Crippen LogP contribution in [0.3, 0.4) is 0 Å². The molecule has 74 valence electrons. The molecule has 0 saturated carbocycles. The summed E-state index contributed by atoms with van der Waals surface area (Å²) in [5.41, 5.74) is 0. The van der Waals surface area contributed by atoms with Crippen LogP contribution in [-0.2, 0) is 0 Å². The minimum absolute atomic E-state index is 0.320. The van der Waals surface area contributed by atoms with Crippen molar-refractivity contribution >= 4 is 35.3 Å². The van der Waals surface area contributed by atoms with E-state index in [0.29, 0.717) is 6.61 Å². The third-order valence-electron chi connectivity index (χ3n) is 1.18. The van der Waals surface area contributed by atoms with Crippen molar-refractivity contribution in [1.29, 1.82) is 0 Å². The third-order valence-corrected chi connectivity index (χ3v) is 4.55. The Morgan fingerprint density at radius 2 is 1.33 bits per heavy atom. The predicted molar refractivity (Wildman–Crippen MR) is 64.7 cm³/mol. The molecule has 12 heavy (non-hydrogen) atoms. The number of hydrogen-bond donors (Lipinski definition) is 1. The maximum absolute atomic E-state index is 8.51. The van der Waals surface area contributed by atoms with Crippen molar-refractivity contribution < 1.29 is 5.11 Å². The molecule has 0 aliphatic rings. The van der Waals surface area contributed by atoms with Crippen molar-refractivity contribution in [2.75, 3.05) is 41.1 Å². The highest BCUT2D eigenvalue weighted by molar-refractivity contribution is 8.04. The molecule has 0 heterocycles. The monoisotopic (exact) mass is 226 g/mol. The van der Waals surface area contributed by atoms with E-state index < -0.39 is 0 Å². The largest absolute Gasteiger partial charge is 0.396 e. The first-order valence-electron chi connectivity index (χ1n) is 4.26. The predicted octanol–water partition coefficient (Wildman–Crippen LogP) is 2.20. The van der Waals surface area contributed by atoms with Crippen molar-refractivity contribution in [3.63, 3.8) is 0 Å². The molecule has 0 unspecified atom stereocenters. The molecule has 0 spiro atoms. The fourth-order valence-corrected chi connectivity index (χ4v) is 3.36. The second kappa shape index (κ2) is 12.0. The van der Waals surface area contributed by atoms with Gasteiger partial charge in [-0.25, -0.2) is 0 Å². The van der Waals surface area contributed by atoms with E-state index in [0.717, 1.165) is 5.75 Å². The second-order valence-electron chi connectivity index (χ2n) is 2.15. The SMILES string of the molecule is CCSCCSCCSCCO. The van der Waals surface area contributed by atoms with E-state index in [1.165, 1.54) is 28.8 Å². The maximum Gasteiger partial charge on any atom is 0.0521 e. The molecule has 4 heteroatoms. The summed E-state index contributed by atoms with van der Waals surface area (Å²) in [5.74, 6) is 7.10. The molecule has 0 fully saturated rings. The Morgan fingerprint density at radius 1 is 0.833 bits per heavy atom. The van der Waals surface area contributed by atoms with Crippen molar-refractivity contribution in [1.82, 2.24) is 0 Å². The van der Waals surface area contributed by atoms with Gasteiger partial charge < -0.3 is 5.11 Å². The zero-order chi connectivity index (χ0) is 9.07. The molecule has 0 aromatic carbocycles. The fraction of sp³-hybridized carbons (Fsp3) is 1.00. The van der Waals surface area contributed by atoms with E-state index >= 15 is 0 Å². The smallest absolute Gasteiger partial charge is 0.0521 e. The molecule has 1 N–H and O–H groups in total. The molecule has 0 aliphatic carbocycles. The van der Waals surface area contributed by atoms with Crippen LogP contribution in [0.5, 0.6) is 0 Å². The van der Waals surface area contributed by atoms with Crippen LogP contribution in [0.1, 0.15) is 6.92 Å². The molecule has 0 aromatic rings. The van der Waals surface area contributed by atoms with E-state index in [-0.39, 0.29) is 0 Å². The van der Waals surface area contributed by atoms with Crippen LogP contribution < -0.4 is 0 Å². The summed E-state index contributed by atoms with van der Waals surface area (Å²) in [7, 11) is 0. The second-order valence-corrected chi connectivity index (χ2v) is 5.99. The molecule has 1 nitrogen and oxygen atoms in total. The van der Waals surface area contributed by atoms with Crippen molar-refractivity contribution in [2.45, 2.75) is 6.92 Å². The minimum Gasteiger partial charge on any atom is -0.396 e. The number of aliphatic hydroxyl groups excluding tert-OH is 1. The van der Waals surface area contributed by atoms with Crippen LogP contribution in [0.15, 0.2) is 0 Å². The van der Waals surface area contributed by atoms with Gasteiger partial charge in [-0.05, 0) is 5.75 Å². The molecular weight excluding hydrogens is 208 g/mol. The zero-order valence-corrected chi connectivity index (χ0v) is 10.1. The molecular formula is C8H18OS3. The molecule has 0 aromatic heterocycles. The van der Waals surface area contributed by atoms with Gasteiger partial charge in [0.25, 0.3) is 0 Å². The normalized spacial score (nSPS) is 10.5. The van der Waals surface area contributed by atoms with Crippen LogP contribution in [0.2, 0.25) is 0 Å². The highest BCUT2D eigenvalue weighted by Crippen LogP contribution is 2.09. The summed E-state index contributed by atoms with van der Waals surface area (Å²) in [6.07, 6.45) is 0. The highest BCUT2D eigenvalue weighted by Gasteiger charge is 1.90. The Balaban J connectivity index is 2.73. The van der Waals surface area contributed by atoms with Gasteiger partial charge in [0.05, 0.1) is 6.61 Å². The highest BCUT2D eigenvalue weighted by atomic mass is 32.2. The average molecular weight is 226 g/mol. The molecule has 0 atom stereocenters. The van der Waals surface area contributed by atoms with E-state index in [1.54, 1.807) is 0 Å². The summed E-state index contributed by atoms with van der Waals surface area (Å²) in [5, 5.41) is 8.51. The topological polar surface area (TPSA) is 20.2 Å². The van der Waals surface area contributed by atoms with Gasteiger partial charge in [0.2, 0.25) is 0 Å². The minimum atomic E-state index is 0.320. The molecule has 0 radical (unpaired) electrons. The van der Waals surface area contributed by atoms with Gasteiger partial charge in [0, 0.05) is 28.8 Å². The lowest BCUT2D eigenvalue weighted by molar-refractivity contribution is 0.322. The van der Waals surface area contributed by atoms with Crippen LogP contribution in [0.4, 0.5) is 0 Å². The molecule has 0 aliphatic heterocycles. The van der Waals surface area contributed by atoms with E-state index in [9.17, 15) is 0 Å². The molecule has 0 saturated heterocycles. The third kappa shape index (κ3) is 11.0. The van der Waals surface area contributed by atoms with Crippen molar-refractivity contribution in [2.24, 2.45) is 0 Å². The van der Waals surface area contributed by atoms with E-state index in [1.807, 2.05) is 35.3 Å².